The molecule has 1 aromatic heterocycles. The van der Waals surface area contributed by atoms with Gasteiger partial charge in [0.2, 0.25) is 0 Å². The maximum Gasteiger partial charge on any atom is 0.156 e. The predicted octanol–water partition coefficient (Wildman–Crippen LogP) is 2.03. The summed E-state index contributed by atoms with van der Waals surface area (Å²) in [6, 6.07) is 13.4. The van der Waals surface area contributed by atoms with E-state index >= 15 is 0 Å². The molecule has 66 valence electrons. The Kier molecular flexibility index (Phi) is 2.15. The third-order valence-electron chi connectivity index (χ3n) is 2.01. The Morgan fingerprint density at radius 3 is 2.15 bits per heavy atom. The molecule has 13 heavy (non-hydrogen) atoms. The van der Waals surface area contributed by atoms with E-state index in [-0.39, 0.29) is 0 Å². The fourth-order valence-corrected chi connectivity index (χ4v) is 1.31. The largest absolute Gasteiger partial charge is 0.369 e. The molecule has 0 saturated heterocycles. The minimum atomic E-state index is -0.573. The molecule has 2 nitrogen and oxygen atoms in total. The number of hydrogen-bond donors (Lipinski definition) is 1. The maximum atomic E-state index is 9.84. The van der Waals surface area contributed by atoms with Gasteiger partial charge in [-0.25, -0.2) is 0 Å². The second-order valence-electron chi connectivity index (χ2n) is 2.91. The normalized spacial score (nSPS) is 12.7. The lowest BCUT2D eigenvalue weighted by atomic mass is 10.2. The SMILES string of the molecule is O[C@H](c1ccccc1)n1cccc1. The Morgan fingerprint density at radius 2 is 1.54 bits per heavy atom. The van der Waals surface area contributed by atoms with E-state index in [2.05, 4.69) is 0 Å². The minimum Gasteiger partial charge on any atom is -0.369 e. The van der Waals surface area contributed by atoms with Crippen molar-refractivity contribution >= 4 is 0 Å². The predicted molar refractivity (Wildman–Crippen MR) is 51.2 cm³/mol. The molecule has 1 atom stereocenters. The lowest BCUT2D eigenvalue weighted by Crippen LogP contribution is -2.06. The van der Waals surface area contributed by atoms with Crippen molar-refractivity contribution in [3.05, 3.63) is 60.4 Å². The molecule has 0 aliphatic heterocycles. The Morgan fingerprint density at radius 1 is 0.923 bits per heavy atom. The summed E-state index contributed by atoms with van der Waals surface area (Å²) in [6.45, 7) is 0. The third-order valence-corrected chi connectivity index (χ3v) is 2.01. The van der Waals surface area contributed by atoms with Crippen molar-refractivity contribution in [2.24, 2.45) is 0 Å². The molecule has 0 saturated carbocycles. The molecule has 0 aliphatic rings. The minimum absolute atomic E-state index is 0.573. The second kappa shape index (κ2) is 3.46. The quantitative estimate of drug-likeness (QED) is 0.738. The average Bonchev–Trinajstić information content (AvgIpc) is 2.71. The zero-order valence-corrected chi connectivity index (χ0v) is 7.17. The van der Waals surface area contributed by atoms with Crippen molar-refractivity contribution < 1.29 is 5.11 Å². The van der Waals surface area contributed by atoms with E-state index in [1.807, 2.05) is 54.9 Å². The van der Waals surface area contributed by atoms with Crippen LogP contribution in [0.2, 0.25) is 0 Å². The van der Waals surface area contributed by atoms with Crippen molar-refractivity contribution in [3.63, 3.8) is 0 Å². The maximum absolute atomic E-state index is 9.84. The highest BCUT2D eigenvalue weighted by Gasteiger charge is 2.05. The topological polar surface area (TPSA) is 25.2 Å². The Balaban J connectivity index is 2.29. The van der Waals surface area contributed by atoms with E-state index in [1.165, 1.54) is 0 Å². The van der Waals surface area contributed by atoms with Gasteiger partial charge in [-0.05, 0) is 12.1 Å². The number of nitrogens with zero attached hydrogens (tertiary/aromatic N) is 1. The Hall–Kier alpha value is -1.54. The van der Waals surface area contributed by atoms with Crippen LogP contribution < -0.4 is 0 Å². The number of hydrogen-bond acceptors (Lipinski definition) is 1. The average molecular weight is 173 g/mol. The van der Waals surface area contributed by atoms with E-state index in [0.717, 1.165) is 5.56 Å². The van der Waals surface area contributed by atoms with E-state index in [9.17, 15) is 5.11 Å². The van der Waals surface area contributed by atoms with E-state index in [1.54, 1.807) is 4.57 Å². The molecule has 0 radical (unpaired) electrons. The first kappa shape index (κ1) is 8.08. The number of aromatic nitrogens is 1. The van der Waals surface area contributed by atoms with E-state index in [4.69, 9.17) is 0 Å². The van der Waals surface area contributed by atoms with Crippen LogP contribution in [0.3, 0.4) is 0 Å². The van der Waals surface area contributed by atoms with Crippen molar-refractivity contribution in [1.29, 1.82) is 0 Å². The first-order valence-corrected chi connectivity index (χ1v) is 4.23. The van der Waals surface area contributed by atoms with Gasteiger partial charge < -0.3 is 9.67 Å². The van der Waals surface area contributed by atoms with Gasteiger partial charge >= 0.3 is 0 Å². The Labute approximate surface area is 77.1 Å². The number of aliphatic hydroxyl groups excluding tert-OH is 1. The molecule has 0 spiro atoms. The van der Waals surface area contributed by atoms with Crippen molar-refractivity contribution in [3.8, 4) is 0 Å². The highest BCUT2D eigenvalue weighted by molar-refractivity contribution is 5.18. The van der Waals surface area contributed by atoms with Crippen LogP contribution in [0.1, 0.15) is 11.8 Å². The number of aliphatic hydroxyl groups is 1. The summed E-state index contributed by atoms with van der Waals surface area (Å²) < 4.78 is 1.76. The standard InChI is InChI=1S/C11H11NO/c13-11(12-8-4-5-9-12)10-6-2-1-3-7-10/h1-9,11,13H/t11-/m1/s1. The summed E-state index contributed by atoms with van der Waals surface area (Å²) in [5.74, 6) is 0. The van der Waals surface area contributed by atoms with Gasteiger partial charge in [-0.15, -0.1) is 0 Å². The van der Waals surface area contributed by atoms with Crippen LogP contribution in [0.5, 0.6) is 0 Å². The molecule has 1 N–H and O–H groups in total. The van der Waals surface area contributed by atoms with Gasteiger partial charge in [0.25, 0.3) is 0 Å². The summed E-state index contributed by atoms with van der Waals surface area (Å²) in [4.78, 5) is 0. The summed E-state index contributed by atoms with van der Waals surface area (Å²) in [5.41, 5.74) is 0.902. The summed E-state index contributed by atoms with van der Waals surface area (Å²) in [5, 5.41) is 9.84. The van der Waals surface area contributed by atoms with Gasteiger partial charge in [-0.3, -0.25) is 0 Å². The first-order valence-electron chi connectivity index (χ1n) is 4.23. The molecule has 0 amide bonds. The smallest absolute Gasteiger partial charge is 0.156 e. The third kappa shape index (κ3) is 1.63. The van der Waals surface area contributed by atoms with E-state index in [0.29, 0.717) is 0 Å². The summed E-state index contributed by atoms with van der Waals surface area (Å²) in [6.07, 6.45) is 3.12. The van der Waals surface area contributed by atoms with Crippen LogP contribution in [0.25, 0.3) is 0 Å². The highest BCUT2D eigenvalue weighted by atomic mass is 16.3. The van der Waals surface area contributed by atoms with Crippen LogP contribution in [0.4, 0.5) is 0 Å². The molecular formula is C11H11NO. The monoisotopic (exact) mass is 173 g/mol. The lowest BCUT2D eigenvalue weighted by molar-refractivity contribution is 0.146. The van der Waals surface area contributed by atoms with Crippen LogP contribution >= 0.6 is 0 Å². The zero-order valence-electron chi connectivity index (χ0n) is 7.17. The molecule has 2 heteroatoms. The van der Waals surface area contributed by atoms with Gasteiger partial charge in [0, 0.05) is 18.0 Å². The molecular weight excluding hydrogens is 162 g/mol. The van der Waals surface area contributed by atoms with Crippen LogP contribution in [-0.2, 0) is 0 Å². The zero-order chi connectivity index (χ0) is 9.10. The molecule has 0 unspecified atom stereocenters. The molecule has 0 fully saturated rings. The fraction of sp³-hybridized carbons (Fsp3) is 0.0909. The Bertz CT molecular complexity index is 353. The fourth-order valence-electron chi connectivity index (χ4n) is 1.31. The lowest BCUT2D eigenvalue weighted by Gasteiger charge is -2.12. The first-order chi connectivity index (χ1) is 6.38. The summed E-state index contributed by atoms with van der Waals surface area (Å²) in [7, 11) is 0. The molecule has 0 aliphatic carbocycles. The number of benzene rings is 1. The summed E-state index contributed by atoms with van der Waals surface area (Å²) >= 11 is 0. The van der Waals surface area contributed by atoms with Gasteiger partial charge in [0.15, 0.2) is 6.23 Å². The molecule has 2 aromatic rings. The van der Waals surface area contributed by atoms with Crippen molar-refractivity contribution in [1.82, 2.24) is 4.57 Å². The second-order valence-corrected chi connectivity index (χ2v) is 2.91. The molecule has 2 rings (SSSR count). The van der Waals surface area contributed by atoms with Crippen molar-refractivity contribution in [2.75, 3.05) is 0 Å². The molecule has 1 heterocycles. The van der Waals surface area contributed by atoms with Crippen LogP contribution in [0, 0.1) is 0 Å². The van der Waals surface area contributed by atoms with Gasteiger partial charge in [-0.1, -0.05) is 30.3 Å². The molecule has 0 bridgehead atoms. The van der Waals surface area contributed by atoms with Crippen LogP contribution in [-0.4, -0.2) is 9.67 Å². The number of rotatable bonds is 2. The van der Waals surface area contributed by atoms with Gasteiger partial charge in [0.05, 0.1) is 0 Å². The van der Waals surface area contributed by atoms with Crippen molar-refractivity contribution in [2.45, 2.75) is 6.23 Å². The van der Waals surface area contributed by atoms with Gasteiger partial charge in [-0.2, -0.15) is 0 Å². The highest BCUT2D eigenvalue weighted by Crippen LogP contribution is 2.14. The molecule has 1 aromatic carbocycles. The van der Waals surface area contributed by atoms with Gasteiger partial charge in [0.1, 0.15) is 0 Å². The van der Waals surface area contributed by atoms with E-state index < -0.39 is 6.23 Å². The van der Waals surface area contributed by atoms with Crippen LogP contribution in [0.15, 0.2) is 54.9 Å².